The molecule has 0 heterocycles. The number of amides is 1. The summed E-state index contributed by atoms with van der Waals surface area (Å²) in [6.07, 6.45) is 0.357. The van der Waals surface area contributed by atoms with E-state index in [4.69, 9.17) is 5.11 Å². The molecule has 0 saturated heterocycles. The summed E-state index contributed by atoms with van der Waals surface area (Å²) >= 11 is 3.37. The minimum Gasteiger partial charge on any atom is -0.480 e. The van der Waals surface area contributed by atoms with Crippen LogP contribution in [0.15, 0.2) is 28.7 Å². The fourth-order valence-electron chi connectivity index (χ4n) is 1.69. The van der Waals surface area contributed by atoms with E-state index in [1.165, 1.54) is 0 Å². The van der Waals surface area contributed by atoms with E-state index in [2.05, 4.69) is 21.2 Å². The maximum Gasteiger partial charge on any atom is 0.326 e. The minimum atomic E-state index is -1.01. The highest BCUT2D eigenvalue weighted by atomic mass is 79.9. The van der Waals surface area contributed by atoms with Crippen molar-refractivity contribution in [2.24, 2.45) is 0 Å². The molecule has 0 aliphatic rings. The lowest BCUT2D eigenvalue weighted by atomic mass is 9.83. The third-order valence-corrected chi connectivity index (χ3v) is 3.62. The van der Waals surface area contributed by atoms with Gasteiger partial charge in [0.25, 0.3) is 0 Å². The predicted octanol–water partition coefficient (Wildman–Crippen LogP) is 2.71. The summed E-state index contributed by atoms with van der Waals surface area (Å²) in [5.41, 5.74) is 0.0479. The average molecular weight is 328 g/mol. The van der Waals surface area contributed by atoms with Crippen LogP contribution < -0.4 is 5.32 Å². The maximum absolute atomic E-state index is 12.3. The first kappa shape index (κ1) is 15.7. The van der Waals surface area contributed by atoms with E-state index in [1.54, 1.807) is 20.8 Å². The molecule has 4 nitrogen and oxygen atoms in total. The predicted molar refractivity (Wildman–Crippen MR) is 77.0 cm³/mol. The Kier molecular flexibility index (Phi) is 5.11. The minimum absolute atomic E-state index is 0.292. The molecule has 0 aliphatic heterocycles. The Labute approximate surface area is 121 Å². The van der Waals surface area contributed by atoms with Crippen molar-refractivity contribution in [1.82, 2.24) is 5.32 Å². The standard InChI is InChI=1S/C14H18BrNO3/c1-4-11(12(17)18)16-13(19)14(2,3)9-6-5-7-10(15)8-9/h5-8,11H,4H2,1-3H3,(H,16,19)(H,17,18). The Balaban J connectivity index is 2.93. The van der Waals surface area contributed by atoms with Crippen molar-refractivity contribution in [3.8, 4) is 0 Å². The molecule has 1 aromatic rings. The third kappa shape index (κ3) is 3.80. The van der Waals surface area contributed by atoms with Gasteiger partial charge in [-0.1, -0.05) is 35.0 Å². The Morgan fingerprint density at radius 3 is 2.53 bits per heavy atom. The first-order valence-corrected chi connectivity index (χ1v) is 6.88. The van der Waals surface area contributed by atoms with Gasteiger partial charge in [-0.25, -0.2) is 4.79 Å². The summed E-state index contributed by atoms with van der Waals surface area (Å²) in [6.45, 7) is 5.28. The number of benzene rings is 1. The van der Waals surface area contributed by atoms with Crippen LogP contribution in [0.5, 0.6) is 0 Å². The number of carbonyl (C=O) groups excluding carboxylic acids is 1. The van der Waals surface area contributed by atoms with Crippen molar-refractivity contribution in [2.45, 2.75) is 38.6 Å². The van der Waals surface area contributed by atoms with Gasteiger partial charge >= 0.3 is 5.97 Å². The number of rotatable bonds is 5. The van der Waals surface area contributed by atoms with Crippen molar-refractivity contribution >= 4 is 27.8 Å². The summed E-state index contributed by atoms with van der Waals surface area (Å²) in [5, 5.41) is 11.6. The molecule has 1 rings (SSSR count). The van der Waals surface area contributed by atoms with E-state index >= 15 is 0 Å². The van der Waals surface area contributed by atoms with Crippen LogP contribution in [-0.2, 0) is 15.0 Å². The third-order valence-electron chi connectivity index (χ3n) is 3.13. The number of halogens is 1. The van der Waals surface area contributed by atoms with E-state index in [0.29, 0.717) is 6.42 Å². The van der Waals surface area contributed by atoms with E-state index in [1.807, 2.05) is 24.3 Å². The van der Waals surface area contributed by atoms with Crippen molar-refractivity contribution in [2.75, 3.05) is 0 Å². The molecular formula is C14H18BrNO3. The number of aliphatic carboxylic acids is 1. The van der Waals surface area contributed by atoms with Crippen LogP contribution in [0.25, 0.3) is 0 Å². The van der Waals surface area contributed by atoms with Gasteiger partial charge in [0.1, 0.15) is 6.04 Å². The van der Waals surface area contributed by atoms with E-state index in [9.17, 15) is 9.59 Å². The number of carboxylic acid groups (broad SMARTS) is 1. The van der Waals surface area contributed by atoms with Gasteiger partial charge in [-0.3, -0.25) is 4.79 Å². The molecule has 0 saturated carbocycles. The fraction of sp³-hybridized carbons (Fsp3) is 0.429. The maximum atomic E-state index is 12.3. The van der Waals surface area contributed by atoms with Crippen LogP contribution in [0.2, 0.25) is 0 Å². The van der Waals surface area contributed by atoms with Crippen LogP contribution in [0.3, 0.4) is 0 Å². The van der Waals surface area contributed by atoms with Gasteiger partial charge in [0, 0.05) is 4.47 Å². The largest absolute Gasteiger partial charge is 0.480 e. The second kappa shape index (κ2) is 6.19. The summed E-state index contributed by atoms with van der Waals surface area (Å²) in [7, 11) is 0. The zero-order chi connectivity index (χ0) is 14.6. The number of carboxylic acids is 1. The number of nitrogens with one attached hydrogen (secondary N) is 1. The van der Waals surface area contributed by atoms with Crippen molar-refractivity contribution in [3.63, 3.8) is 0 Å². The molecule has 104 valence electrons. The molecule has 0 bridgehead atoms. The zero-order valence-electron chi connectivity index (χ0n) is 11.2. The summed E-state index contributed by atoms with van der Waals surface area (Å²) < 4.78 is 0.885. The van der Waals surface area contributed by atoms with E-state index in [0.717, 1.165) is 10.0 Å². The molecule has 0 aliphatic carbocycles. The molecule has 5 heteroatoms. The molecule has 1 atom stereocenters. The number of hydrogen-bond acceptors (Lipinski definition) is 2. The van der Waals surface area contributed by atoms with E-state index < -0.39 is 17.4 Å². The highest BCUT2D eigenvalue weighted by Crippen LogP contribution is 2.26. The Bertz CT molecular complexity index is 485. The van der Waals surface area contributed by atoms with E-state index in [-0.39, 0.29) is 5.91 Å². The van der Waals surface area contributed by atoms with Gasteiger partial charge < -0.3 is 10.4 Å². The lowest BCUT2D eigenvalue weighted by Crippen LogP contribution is -2.48. The monoisotopic (exact) mass is 327 g/mol. The van der Waals surface area contributed by atoms with Crippen molar-refractivity contribution < 1.29 is 14.7 Å². The normalized spacial score (nSPS) is 12.8. The lowest BCUT2D eigenvalue weighted by molar-refractivity contribution is -0.142. The molecule has 0 fully saturated rings. The quantitative estimate of drug-likeness (QED) is 0.873. The highest BCUT2D eigenvalue weighted by molar-refractivity contribution is 9.10. The molecular weight excluding hydrogens is 310 g/mol. The first-order chi connectivity index (χ1) is 8.78. The SMILES string of the molecule is CCC(NC(=O)C(C)(C)c1cccc(Br)c1)C(=O)O. The smallest absolute Gasteiger partial charge is 0.326 e. The van der Waals surface area contributed by atoms with Crippen molar-refractivity contribution in [3.05, 3.63) is 34.3 Å². The molecule has 0 aromatic heterocycles. The van der Waals surface area contributed by atoms with Crippen molar-refractivity contribution in [1.29, 1.82) is 0 Å². The van der Waals surface area contributed by atoms with Crippen LogP contribution in [0.4, 0.5) is 0 Å². The average Bonchev–Trinajstić information content (AvgIpc) is 2.35. The summed E-state index contributed by atoms with van der Waals surface area (Å²) in [6, 6.07) is 6.60. The second-order valence-electron chi connectivity index (χ2n) is 4.91. The molecule has 1 amide bonds. The van der Waals surface area contributed by atoms with Crippen LogP contribution in [-0.4, -0.2) is 23.0 Å². The van der Waals surface area contributed by atoms with Gasteiger partial charge in [-0.2, -0.15) is 0 Å². The lowest BCUT2D eigenvalue weighted by Gasteiger charge is -2.26. The van der Waals surface area contributed by atoms with Crippen LogP contribution in [0, 0.1) is 0 Å². The number of hydrogen-bond donors (Lipinski definition) is 2. The molecule has 1 unspecified atom stereocenters. The number of carbonyl (C=O) groups is 2. The molecule has 2 N–H and O–H groups in total. The van der Waals surface area contributed by atoms with Gasteiger partial charge in [-0.15, -0.1) is 0 Å². The van der Waals surface area contributed by atoms with Gasteiger partial charge in [0.15, 0.2) is 0 Å². The van der Waals surface area contributed by atoms with Gasteiger partial charge in [0.05, 0.1) is 5.41 Å². The van der Waals surface area contributed by atoms with Crippen LogP contribution >= 0.6 is 15.9 Å². The Hall–Kier alpha value is -1.36. The molecule has 0 spiro atoms. The second-order valence-corrected chi connectivity index (χ2v) is 5.82. The topological polar surface area (TPSA) is 66.4 Å². The van der Waals surface area contributed by atoms with Gasteiger partial charge in [0.2, 0.25) is 5.91 Å². The molecule has 19 heavy (non-hydrogen) atoms. The summed E-state index contributed by atoms with van der Waals surface area (Å²) in [5.74, 6) is -1.30. The van der Waals surface area contributed by atoms with Gasteiger partial charge in [-0.05, 0) is 38.0 Å². The highest BCUT2D eigenvalue weighted by Gasteiger charge is 2.32. The molecule has 0 radical (unpaired) electrons. The Morgan fingerprint density at radius 1 is 1.42 bits per heavy atom. The molecule has 1 aromatic carbocycles. The van der Waals surface area contributed by atoms with Crippen LogP contribution in [0.1, 0.15) is 32.8 Å². The Morgan fingerprint density at radius 2 is 2.05 bits per heavy atom. The first-order valence-electron chi connectivity index (χ1n) is 6.08. The zero-order valence-corrected chi connectivity index (χ0v) is 12.8. The summed E-state index contributed by atoms with van der Waals surface area (Å²) in [4.78, 5) is 23.2. The fourth-order valence-corrected chi connectivity index (χ4v) is 2.08.